The number of esters is 1. The Morgan fingerprint density at radius 1 is 1.10 bits per heavy atom. The van der Waals surface area contributed by atoms with Gasteiger partial charge in [0.05, 0.1) is 11.3 Å². The highest BCUT2D eigenvalue weighted by molar-refractivity contribution is 7.89. The van der Waals surface area contributed by atoms with Gasteiger partial charge in [-0.25, -0.2) is 13.6 Å². The first-order chi connectivity index (χ1) is 13.7. The lowest BCUT2D eigenvalue weighted by Gasteiger charge is -2.14. The van der Waals surface area contributed by atoms with Gasteiger partial charge in [0.1, 0.15) is 0 Å². The Morgan fingerprint density at radius 3 is 2.38 bits per heavy atom. The maximum absolute atomic E-state index is 12.2. The molecule has 0 saturated carbocycles. The van der Waals surface area contributed by atoms with Crippen LogP contribution in [0.1, 0.15) is 37.8 Å². The van der Waals surface area contributed by atoms with Gasteiger partial charge in [-0.1, -0.05) is 43.7 Å². The topological polar surface area (TPSA) is 116 Å². The molecule has 0 bridgehead atoms. The average molecular weight is 419 g/mol. The molecule has 0 aromatic heterocycles. The average Bonchev–Trinajstić information content (AvgIpc) is 2.67. The van der Waals surface area contributed by atoms with Crippen molar-refractivity contribution < 1.29 is 22.7 Å². The SMILES string of the molecule is CCCCc1ccc(CC(=O)O[C@H](C)C(=O)Nc2cccc(S(N)(=O)=O)c2)cc1. The van der Waals surface area contributed by atoms with E-state index in [4.69, 9.17) is 9.88 Å². The van der Waals surface area contributed by atoms with Gasteiger partial charge in [0.2, 0.25) is 10.0 Å². The van der Waals surface area contributed by atoms with E-state index in [0.29, 0.717) is 0 Å². The molecule has 0 saturated heterocycles. The van der Waals surface area contributed by atoms with Crippen LogP contribution in [0.25, 0.3) is 0 Å². The Labute approximate surface area is 171 Å². The van der Waals surface area contributed by atoms with E-state index in [1.807, 2.05) is 24.3 Å². The van der Waals surface area contributed by atoms with Crippen LogP contribution in [-0.2, 0) is 37.2 Å². The molecule has 8 heteroatoms. The number of sulfonamides is 1. The molecule has 156 valence electrons. The zero-order valence-corrected chi connectivity index (χ0v) is 17.4. The van der Waals surface area contributed by atoms with Crippen LogP contribution in [0.3, 0.4) is 0 Å². The second kappa shape index (κ2) is 10.2. The fourth-order valence-electron chi connectivity index (χ4n) is 2.66. The lowest BCUT2D eigenvalue weighted by Crippen LogP contribution is -2.30. The Kier molecular flexibility index (Phi) is 7.92. The van der Waals surface area contributed by atoms with Crippen LogP contribution in [0.2, 0.25) is 0 Å². The minimum atomic E-state index is -3.88. The number of amides is 1. The fourth-order valence-corrected chi connectivity index (χ4v) is 3.22. The highest BCUT2D eigenvalue weighted by Gasteiger charge is 2.19. The van der Waals surface area contributed by atoms with E-state index in [-0.39, 0.29) is 17.0 Å². The zero-order chi connectivity index (χ0) is 21.4. The van der Waals surface area contributed by atoms with E-state index in [0.717, 1.165) is 24.8 Å². The number of carbonyl (C=O) groups excluding carboxylic acids is 2. The van der Waals surface area contributed by atoms with E-state index in [9.17, 15) is 18.0 Å². The smallest absolute Gasteiger partial charge is 0.311 e. The highest BCUT2D eigenvalue weighted by atomic mass is 32.2. The van der Waals surface area contributed by atoms with Crippen LogP contribution in [0, 0.1) is 0 Å². The van der Waals surface area contributed by atoms with E-state index in [1.54, 1.807) is 0 Å². The van der Waals surface area contributed by atoms with Crippen molar-refractivity contribution in [1.82, 2.24) is 0 Å². The van der Waals surface area contributed by atoms with E-state index < -0.39 is 28.0 Å². The van der Waals surface area contributed by atoms with Crippen molar-refractivity contribution in [2.45, 2.75) is 50.5 Å². The predicted molar refractivity (Wildman–Crippen MR) is 111 cm³/mol. The summed E-state index contributed by atoms with van der Waals surface area (Å²) >= 11 is 0. The molecule has 2 aromatic rings. The number of benzene rings is 2. The Bertz CT molecular complexity index is 955. The van der Waals surface area contributed by atoms with Crippen molar-refractivity contribution in [3.63, 3.8) is 0 Å². The second-order valence-electron chi connectivity index (χ2n) is 6.79. The number of primary sulfonamides is 1. The summed E-state index contributed by atoms with van der Waals surface area (Å²) < 4.78 is 28.0. The molecule has 2 aromatic carbocycles. The van der Waals surface area contributed by atoms with Crippen LogP contribution in [0.15, 0.2) is 53.4 Å². The summed E-state index contributed by atoms with van der Waals surface area (Å²) in [5.41, 5.74) is 2.27. The lowest BCUT2D eigenvalue weighted by molar-refractivity contribution is -0.152. The van der Waals surface area contributed by atoms with Gasteiger partial charge in [-0.05, 0) is 49.1 Å². The Morgan fingerprint density at radius 2 is 1.76 bits per heavy atom. The number of hydrogen-bond donors (Lipinski definition) is 2. The number of nitrogens with two attached hydrogens (primary N) is 1. The minimum absolute atomic E-state index is 0.0621. The Balaban J connectivity index is 1.89. The molecule has 3 N–H and O–H groups in total. The number of unbranched alkanes of at least 4 members (excludes halogenated alkanes) is 1. The van der Waals surface area contributed by atoms with Crippen LogP contribution >= 0.6 is 0 Å². The largest absolute Gasteiger partial charge is 0.452 e. The van der Waals surface area contributed by atoms with Crippen molar-refractivity contribution in [2.75, 3.05) is 5.32 Å². The van der Waals surface area contributed by atoms with Crippen molar-refractivity contribution >= 4 is 27.6 Å². The van der Waals surface area contributed by atoms with Gasteiger partial charge in [0, 0.05) is 5.69 Å². The minimum Gasteiger partial charge on any atom is -0.452 e. The molecule has 1 amide bonds. The third kappa shape index (κ3) is 7.32. The van der Waals surface area contributed by atoms with E-state index in [1.165, 1.54) is 36.8 Å². The maximum atomic E-state index is 12.2. The van der Waals surface area contributed by atoms with Crippen molar-refractivity contribution in [2.24, 2.45) is 5.14 Å². The Hall–Kier alpha value is -2.71. The molecule has 29 heavy (non-hydrogen) atoms. The van der Waals surface area contributed by atoms with Crippen LogP contribution in [-0.4, -0.2) is 26.4 Å². The predicted octanol–water partition coefficient (Wildman–Crippen LogP) is 2.79. The molecule has 0 radical (unpaired) electrons. The number of carbonyl (C=O) groups is 2. The second-order valence-corrected chi connectivity index (χ2v) is 8.35. The summed E-state index contributed by atoms with van der Waals surface area (Å²) in [4.78, 5) is 24.2. The summed E-state index contributed by atoms with van der Waals surface area (Å²) in [6.45, 7) is 3.59. The van der Waals surface area contributed by atoms with Crippen molar-refractivity contribution in [3.8, 4) is 0 Å². The molecule has 0 aliphatic heterocycles. The first-order valence-corrected chi connectivity index (χ1v) is 10.9. The van der Waals surface area contributed by atoms with Gasteiger partial charge in [0.15, 0.2) is 6.10 Å². The highest BCUT2D eigenvalue weighted by Crippen LogP contribution is 2.15. The molecule has 2 rings (SSSR count). The molecule has 0 unspecified atom stereocenters. The number of anilines is 1. The van der Waals surface area contributed by atoms with E-state index >= 15 is 0 Å². The fraction of sp³-hybridized carbons (Fsp3) is 0.333. The van der Waals surface area contributed by atoms with Gasteiger partial charge in [0.25, 0.3) is 5.91 Å². The molecular weight excluding hydrogens is 392 g/mol. The van der Waals surface area contributed by atoms with Gasteiger partial charge in [-0.15, -0.1) is 0 Å². The first kappa shape index (κ1) is 22.6. The number of aryl methyl sites for hydroxylation is 1. The number of nitrogens with one attached hydrogen (secondary N) is 1. The number of ether oxygens (including phenoxy) is 1. The van der Waals surface area contributed by atoms with Crippen LogP contribution in [0.4, 0.5) is 5.69 Å². The maximum Gasteiger partial charge on any atom is 0.311 e. The van der Waals surface area contributed by atoms with Gasteiger partial charge >= 0.3 is 5.97 Å². The molecule has 0 fully saturated rings. The molecule has 7 nitrogen and oxygen atoms in total. The summed E-state index contributed by atoms with van der Waals surface area (Å²) in [5, 5.41) is 7.59. The summed E-state index contributed by atoms with van der Waals surface area (Å²) in [7, 11) is -3.88. The molecule has 1 atom stereocenters. The van der Waals surface area contributed by atoms with Crippen LogP contribution < -0.4 is 10.5 Å². The summed E-state index contributed by atoms with van der Waals surface area (Å²) in [5.74, 6) is -1.09. The summed E-state index contributed by atoms with van der Waals surface area (Å²) in [6, 6.07) is 13.3. The normalized spacial score (nSPS) is 12.2. The zero-order valence-electron chi connectivity index (χ0n) is 16.6. The molecule has 0 spiro atoms. The third-order valence-corrected chi connectivity index (χ3v) is 5.21. The van der Waals surface area contributed by atoms with Gasteiger partial charge in [-0.2, -0.15) is 0 Å². The summed E-state index contributed by atoms with van der Waals surface area (Å²) in [6.07, 6.45) is 2.27. The third-order valence-electron chi connectivity index (χ3n) is 4.30. The van der Waals surface area contributed by atoms with Crippen molar-refractivity contribution in [3.05, 3.63) is 59.7 Å². The van der Waals surface area contributed by atoms with Gasteiger partial charge < -0.3 is 10.1 Å². The monoisotopic (exact) mass is 418 g/mol. The quantitative estimate of drug-likeness (QED) is 0.608. The van der Waals surface area contributed by atoms with E-state index in [2.05, 4.69) is 12.2 Å². The van der Waals surface area contributed by atoms with Gasteiger partial charge in [-0.3, -0.25) is 9.59 Å². The molecule has 0 aliphatic rings. The van der Waals surface area contributed by atoms with Crippen molar-refractivity contribution in [1.29, 1.82) is 0 Å². The molecule has 0 heterocycles. The first-order valence-electron chi connectivity index (χ1n) is 9.40. The number of hydrogen-bond acceptors (Lipinski definition) is 5. The van der Waals surface area contributed by atoms with Crippen LogP contribution in [0.5, 0.6) is 0 Å². The molecular formula is C21H26N2O5S. The standard InChI is InChI=1S/C21H26N2O5S/c1-3-4-6-16-9-11-17(12-10-16)13-20(24)28-15(2)21(25)23-18-7-5-8-19(14-18)29(22,26)27/h5,7-12,14-15H,3-4,6,13H2,1-2H3,(H,23,25)(H2,22,26,27)/t15-/m1/s1. The lowest BCUT2D eigenvalue weighted by atomic mass is 10.1. The molecule has 0 aliphatic carbocycles. The number of rotatable bonds is 9.